The maximum absolute atomic E-state index is 6.03. The van der Waals surface area contributed by atoms with Gasteiger partial charge in [-0.15, -0.1) is 22.7 Å². The van der Waals surface area contributed by atoms with E-state index in [1.807, 2.05) is 40.9 Å². The number of rotatable bonds is 12. The van der Waals surface area contributed by atoms with Crippen LogP contribution in [-0.2, 0) is 0 Å². The van der Waals surface area contributed by atoms with Crippen molar-refractivity contribution in [3.63, 3.8) is 0 Å². The third-order valence-electron chi connectivity index (χ3n) is 18.6. The first-order valence-electron chi connectivity index (χ1n) is 32.8. The minimum atomic E-state index is 0.899. The van der Waals surface area contributed by atoms with E-state index in [2.05, 4.69) is 354 Å². The van der Waals surface area contributed by atoms with Gasteiger partial charge in [-0.1, -0.05) is 212 Å². The zero-order valence-electron chi connectivity index (χ0n) is 52.6. The Morgan fingerprint density at radius 1 is 0.237 bits per heavy atom. The van der Waals surface area contributed by atoms with Crippen LogP contribution in [0.2, 0.25) is 0 Å². The van der Waals surface area contributed by atoms with Crippen LogP contribution in [0.3, 0.4) is 0 Å². The second kappa shape index (κ2) is 24.6. The first-order valence-corrected chi connectivity index (χ1v) is 34.4. The molecule has 2 N–H and O–H groups in total. The second-order valence-electron chi connectivity index (χ2n) is 24.5. The summed E-state index contributed by atoms with van der Waals surface area (Å²) in [4.78, 5) is 4.82. The molecule has 0 unspecified atom stereocenters. The highest BCUT2D eigenvalue weighted by molar-refractivity contribution is 7.26. The molecular weight excluding hydrogens is 1220 g/mol. The predicted octanol–water partition coefficient (Wildman–Crippen LogP) is 27.2. The number of benzene rings is 16. The number of hydrogen-bond donors (Lipinski definition) is 2. The van der Waals surface area contributed by atoms with Crippen LogP contribution < -0.4 is 20.4 Å². The van der Waals surface area contributed by atoms with Gasteiger partial charge in [0.2, 0.25) is 0 Å². The molecule has 0 amide bonds. The minimum Gasteiger partial charge on any atom is -0.456 e. The van der Waals surface area contributed by atoms with Crippen LogP contribution in [-0.4, -0.2) is 0 Å². The van der Waals surface area contributed by atoms with Crippen molar-refractivity contribution >= 4 is 174 Å². The number of hydrogen-bond acceptors (Lipinski definition) is 7. The fourth-order valence-electron chi connectivity index (χ4n) is 14.1. The maximum atomic E-state index is 6.03. The van der Waals surface area contributed by atoms with Crippen LogP contribution >= 0.6 is 22.7 Å². The Balaban J connectivity index is 0.000000142. The summed E-state index contributed by atoms with van der Waals surface area (Å²) in [5.41, 5.74) is 17.8. The van der Waals surface area contributed by atoms with E-state index in [9.17, 15) is 0 Å². The quantitative estimate of drug-likeness (QED) is 0.119. The third-order valence-corrected chi connectivity index (χ3v) is 20.8. The van der Waals surface area contributed by atoms with Crippen molar-refractivity contribution < 1.29 is 4.42 Å². The molecule has 0 spiro atoms. The number of furan rings is 1. The van der Waals surface area contributed by atoms with Crippen molar-refractivity contribution in [3.05, 3.63) is 352 Å². The lowest BCUT2D eigenvalue weighted by Gasteiger charge is -2.28. The van der Waals surface area contributed by atoms with Gasteiger partial charge in [0.1, 0.15) is 11.2 Å². The van der Waals surface area contributed by atoms with Crippen molar-refractivity contribution in [2.75, 3.05) is 20.4 Å². The van der Waals surface area contributed by atoms with E-state index in [0.29, 0.717) is 0 Å². The van der Waals surface area contributed by atoms with Crippen LogP contribution in [0.5, 0.6) is 0 Å². The van der Waals surface area contributed by atoms with Gasteiger partial charge in [0.25, 0.3) is 0 Å². The highest BCUT2D eigenvalue weighted by atomic mass is 32.1. The SMILES string of the molecule is c1ccc(N(c2ccccc2)c2cccc3sc4cc(-c5cccc(Nc6ccc7oc8ccccc8c7c6)c5)ccc4c23)cc1.c1ccc(Nc2cc(-c3ccc4c(c3)sc3cccc(N(c5ccccc5)c5cc6ccccc6c6ccccc56)c34)cc3ccccc23)cc1. The molecule has 0 aliphatic carbocycles. The molecule has 0 aliphatic heterocycles. The highest BCUT2D eigenvalue weighted by Crippen LogP contribution is 2.50. The Hall–Kier alpha value is -12.3. The number of para-hydroxylation sites is 5. The molecule has 97 heavy (non-hydrogen) atoms. The zero-order chi connectivity index (χ0) is 64.2. The molecule has 3 heterocycles. The summed E-state index contributed by atoms with van der Waals surface area (Å²) in [5.74, 6) is 0. The first-order chi connectivity index (χ1) is 48.1. The van der Waals surface area contributed by atoms with Crippen LogP contribution in [0, 0.1) is 0 Å². The lowest BCUT2D eigenvalue weighted by molar-refractivity contribution is 0.669. The second-order valence-corrected chi connectivity index (χ2v) is 26.7. The van der Waals surface area contributed by atoms with Crippen LogP contribution in [0.25, 0.3) is 117 Å². The van der Waals surface area contributed by atoms with Gasteiger partial charge in [0, 0.05) is 102 Å². The van der Waals surface area contributed by atoms with E-state index in [1.54, 1.807) is 0 Å². The van der Waals surface area contributed by atoms with Gasteiger partial charge in [-0.3, -0.25) is 0 Å². The lowest BCUT2D eigenvalue weighted by Crippen LogP contribution is -2.11. The van der Waals surface area contributed by atoms with E-state index >= 15 is 0 Å². The van der Waals surface area contributed by atoms with E-state index in [-0.39, 0.29) is 0 Å². The molecule has 3 aromatic heterocycles. The Bertz CT molecular complexity index is 6120. The summed E-state index contributed by atoms with van der Waals surface area (Å²) in [6, 6.07) is 126. The number of anilines is 10. The topological polar surface area (TPSA) is 43.7 Å². The van der Waals surface area contributed by atoms with Crippen molar-refractivity contribution in [2.45, 2.75) is 0 Å². The Morgan fingerprint density at radius 2 is 0.722 bits per heavy atom. The Labute approximate surface area is 569 Å². The average Bonchev–Trinajstić information content (AvgIpc) is 1.69. The standard InChI is InChI=1S/C48H32N2S.C42H28N2OS/c1-3-16-36(17-4-1)49-43-29-35(28-33-14-8-10-21-39(33)43)32-26-27-42-47(31-32)51-46-25-13-24-44(48(42)46)50(37-18-5-2-6-19-37)45-30-34-15-7-9-20-38(34)40-22-11-12-23-41(40)45;1-3-13-32(14-4-1)44(33-15-5-2-6-16-33)37-18-10-20-40-42(37)35-23-21-29(26-41(35)46-40)28-11-9-12-30(25-28)43-31-22-24-39-36(27-31)34-17-7-8-19-38(34)45-39/h1-31,49H;1-27,43H. The lowest BCUT2D eigenvalue weighted by atomic mass is 9.97. The molecule has 0 saturated heterocycles. The molecule has 19 rings (SSSR count). The minimum absolute atomic E-state index is 0.899. The summed E-state index contributed by atoms with van der Waals surface area (Å²) in [6.07, 6.45) is 0. The molecule has 0 fully saturated rings. The highest BCUT2D eigenvalue weighted by Gasteiger charge is 2.23. The number of thiophene rings is 2. The third kappa shape index (κ3) is 10.7. The molecule has 0 atom stereocenters. The maximum Gasteiger partial charge on any atom is 0.135 e. The number of nitrogens with zero attached hydrogens (tertiary/aromatic N) is 2. The van der Waals surface area contributed by atoms with Gasteiger partial charge in [-0.05, 0) is 183 Å². The predicted molar refractivity (Wildman–Crippen MR) is 418 cm³/mol. The molecule has 0 bridgehead atoms. The number of fused-ring (bicyclic) bond motifs is 13. The molecule has 5 nitrogen and oxygen atoms in total. The molecule has 16 aromatic carbocycles. The Morgan fingerprint density at radius 3 is 1.38 bits per heavy atom. The van der Waals surface area contributed by atoms with Crippen molar-refractivity contribution in [1.82, 2.24) is 0 Å². The van der Waals surface area contributed by atoms with Gasteiger partial charge in [-0.25, -0.2) is 0 Å². The van der Waals surface area contributed by atoms with Crippen molar-refractivity contribution in [1.29, 1.82) is 0 Å². The van der Waals surface area contributed by atoms with E-state index in [4.69, 9.17) is 4.42 Å². The van der Waals surface area contributed by atoms with Gasteiger partial charge >= 0.3 is 0 Å². The summed E-state index contributed by atoms with van der Waals surface area (Å²) in [5, 5.41) is 22.1. The molecule has 0 aliphatic rings. The summed E-state index contributed by atoms with van der Waals surface area (Å²) >= 11 is 3.72. The molecule has 0 radical (unpaired) electrons. The normalized spacial score (nSPS) is 11.5. The van der Waals surface area contributed by atoms with Crippen LogP contribution in [0.15, 0.2) is 356 Å². The fourth-order valence-corrected chi connectivity index (χ4v) is 16.5. The van der Waals surface area contributed by atoms with Crippen molar-refractivity contribution in [3.8, 4) is 22.3 Å². The zero-order valence-corrected chi connectivity index (χ0v) is 54.2. The van der Waals surface area contributed by atoms with E-state index < -0.39 is 0 Å². The summed E-state index contributed by atoms with van der Waals surface area (Å²) in [7, 11) is 0. The monoisotopic (exact) mass is 1280 g/mol. The van der Waals surface area contributed by atoms with E-state index in [1.165, 1.54) is 112 Å². The first kappa shape index (κ1) is 57.4. The smallest absolute Gasteiger partial charge is 0.135 e. The summed E-state index contributed by atoms with van der Waals surface area (Å²) in [6.45, 7) is 0. The summed E-state index contributed by atoms with van der Waals surface area (Å²) < 4.78 is 11.1. The fraction of sp³-hybridized carbons (Fsp3) is 0. The largest absolute Gasteiger partial charge is 0.456 e. The average molecular weight is 1280 g/mol. The molecule has 19 aromatic rings. The van der Waals surface area contributed by atoms with Crippen LogP contribution in [0.4, 0.5) is 56.9 Å². The van der Waals surface area contributed by atoms with Crippen molar-refractivity contribution in [2.24, 2.45) is 0 Å². The molecule has 458 valence electrons. The van der Waals surface area contributed by atoms with Gasteiger partial charge < -0.3 is 24.9 Å². The Kier molecular flexibility index (Phi) is 14.5. The van der Waals surface area contributed by atoms with Gasteiger partial charge in [0.05, 0.1) is 17.1 Å². The van der Waals surface area contributed by atoms with Gasteiger partial charge in [-0.2, -0.15) is 0 Å². The van der Waals surface area contributed by atoms with Gasteiger partial charge in [0.15, 0.2) is 0 Å². The molecule has 0 saturated carbocycles. The molecule has 7 heteroatoms. The van der Waals surface area contributed by atoms with E-state index in [0.717, 1.165) is 61.8 Å². The molecular formula is C90H60N4OS2. The van der Waals surface area contributed by atoms with Crippen LogP contribution in [0.1, 0.15) is 0 Å². The number of nitrogens with one attached hydrogen (secondary N) is 2.